The molecule has 2 N–H and O–H groups in total. The molecule has 2 rings (SSSR count). The Morgan fingerprint density at radius 3 is 2.84 bits per heavy atom. The van der Waals surface area contributed by atoms with Crippen molar-refractivity contribution in [2.24, 2.45) is 10.9 Å². The van der Waals surface area contributed by atoms with Gasteiger partial charge < -0.3 is 10.6 Å². The quantitative estimate of drug-likeness (QED) is 0.363. The minimum absolute atomic E-state index is 0. The topological polar surface area (TPSA) is 54.2 Å². The van der Waals surface area contributed by atoms with E-state index in [0.29, 0.717) is 12.5 Å². The standard InChI is InChI=1S/C18H26FN5.HI/c1-3-20-18(21-10-8-16-6-4-7-17(19)12-16)22-13-15(2)14-24-11-5-9-23-24;/h4-7,9,11-12,15H,3,8,10,13-14H2,1-2H3,(H2,20,21,22);1H. The average molecular weight is 459 g/mol. The maximum Gasteiger partial charge on any atom is 0.191 e. The predicted octanol–water partition coefficient (Wildman–Crippen LogP) is 3.07. The molecule has 0 aliphatic heterocycles. The predicted molar refractivity (Wildman–Crippen MR) is 111 cm³/mol. The third-order valence-electron chi connectivity index (χ3n) is 3.56. The summed E-state index contributed by atoms with van der Waals surface area (Å²) >= 11 is 0. The van der Waals surface area contributed by atoms with Gasteiger partial charge in [-0.05, 0) is 43.0 Å². The molecule has 1 heterocycles. The fourth-order valence-corrected chi connectivity index (χ4v) is 2.39. The molecule has 0 bridgehead atoms. The van der Waals surface area contributed by atoms with Gasteiger partial charge in [0.2, 0.25) is 0 Å². The van der Waals surface area contributed by atoms with Gasteiger partial charge in [0.25, 0.3) is 0 Å². The van der Waals surface area contributed by atoms with Crippen LogP contribution in [0.4, 0.5) is 4.39 Å². The SMILES string of the molecule is CCNC(=NCC(C)Cn1cccn1)NCCc1cccc(F)c1.I. The lowest BCUT2D eigenvalue weighted by Crippen LogP contribution is -2.38. The molecule has 0 saturated carbocycles. The summed E-state index contributed by atoms with van der Waals surface area (Å²) < 4.78 is 15.1. The van der Waals surface area contributed by atoms with Crippen LogP contribution in [0.1, 0.15) is 19.4 Å². The Hall–Kier alpha value is -1.64. The summed E-state index contributed by atoms with van der Waals surface area (Å²) in [6.07, 6.45) is 4.50. The summed E-state index contributed by atoms with van der Waals surface area (Å²) in [5, 5.41) is 10.7. The minimum Gasteiger partial charge on any atom is -0.357 e. The highest BCUT2D eigenvalue weighted by Gasteiger charge is 2.04. The molecule has 0 aliphatic carbocycles. The van der Waals surface area contributed by atoms with E-state index in [1.54, 1.807) is 18.3 Å². The monoisotopic (exact) mass is 459 g/mol. The fraction of sp³-hybridized carbons (Fsp3) is 0.444. The maximum absolute atomic E-state index is 13.2. The molecule has 0 amide bonds. The molecule has 0 spiro atoms. The Bertz CT molecular complexity index is 630. The second-order valence-electron chi connectivity index (χ2n) is 5.86. The first kappa shape index (κ1) is 21.4. The Morgan fingerprint density at radius 1 is 1.32 bits per heavy atom. The Kier molecular flexibility index (Phi) is 10.1. The molecule has 25 heavy (non-hydrogen) atoms. The average Bonchev–Trinajstić information content (AvgIpc) is 3.05. The third kappa shape index (κ3) is 8.33. The zero-order chi connectivity index (χ0) is 17.2. The van der Waals surface area contributed by atoms with Crippen LogP contribution in [-0.4, -0.2) is 35.4 Å². The summed E-state index contributed by atoms with van der Waals surface area (Å²) in [6.45, 7) is 7.27. The summed E-state index contributed by atoms with van der Waals surface area (Å²) in [5.74, 6) is 0.991. The van der Waals surface area contributed by atoms with E-state index in [0.717, 1.165) is 37.6 Å². The second-order valence-corrected chi connectivity index (χ2v) is 5.86. The highest BCUT2D eigenvalue weighted by atomic mass is 127. The molecule has 1 unspecified atom stereocenters. The lowest BCUT2D eigenvalue weighted by molar-refractivity contribution is 0.458. The molecule has 2 aromatic rings. The molecule has 1 aromatic heterocycles. The molecule has 0 aliphatic rings. The number of halogens is 2. The molecule has 1 atom stereocenters. The van der Waals surface area contributed by atoms with Gasteiger partial charge in [-0.3, -0.25) is 9.67 Å². The highest BCUT2D eigenvalue weighted by molar-refractivity contribution is 14.0. The van der Waals surface area contributed by atoms with Gasteiger partial charge in [0, 0.05) is 38.6 Å². The van der Waals surface area contributed by atoms with Crippen LogP contribution >= 0.6 is 24.0 Å². The number of rotatable bonds is 8. The van der Waals surface area contributed by atoms with Crippen LogP contribution in [0, 0.1) is 11.7 Å². The van der Waals surface area contributed by atoms with Crippen LogP contribution in [0.5, 0.6) is 0 Å². The van der Waals surface area contributed by atoms with E-state index in [4.69, 9.17) is 0 Å². The Labute approximate surface area is 166 Å². The summed E-state index contributed by atoms with van der Waals surface area (Å²) in [7, 11) is 0. The Balaban J connectivity index is 0.00000312. The molecular formula is C18H27FIN5. The van der Waals surface area contributed by atoms with Crippen LogP contribution in [0.15, 0.2) is 47.7 Å². The van der Waals surface area contributed by atoms with Crippen molar-refractivity contribution in [3.8, 4) is 0 Å². The van der Waals surface area contributed by atoms with Gasteiger partial charge >= 0.3 is 0 Å². The van der Waals surface area contributed by atoms with Gasteiger partial charge in [-0.1, -0.05) is 19.1 Å². The van der Waals surface area contributed by atoms with Crippen molar-refractivity contribution in [3.05, 3.63) is 54.1 Å². The molecule has 138 valence electrons. The molecular weight excluding hydrogens is 432 g/mol. The summed E-state index contributed by atoms with van der Waals surface area (Å²) in [4.78, 5) is 4.62. The number of nitrogens with one attached hydrogen (secondary N) is 2. The first-order valence-electron chi connectivity index (χ1n) is 8.41. The van der Waals surface area contributed by atoms with Crippen LogP contribution in [0.2, 0.25) is 0 Å². The van der Waals surface area contributed by atoms with Crippen LogP contribution in [-0.2, 0) is 13.0 Å². The van der Waals surface area contributed by atoms with E-state index in [1.165, 1.54) is 6.07 Å². The molecule has 0 saturated heterocycles. The van der Waals surface area contributed by atoms with Crippen molar-refractivity contribution in [1.82, 2.24) is 20.4 Å². The zero-order valence-corrected chi connectivity index (χ0v) is 17.1. The van der Waals surface area contributed by atoms with E-state index in [-0.39, 0.29) is 29.8 Å². The van der Waals surface area contributed by atoms with Gasteiger partial charge in [-0.15, -0.1) is 24.0 Å². The van der Waals surface area contributed by atoms with Crippen molar-refractivity contribution in [2.75, 3.05) is 19.6 Å². The first-order chi connectivity index (χ1) is 11.7. The Morgan fingerprint density at radius 2 is 2.16 bits per heavy atom. The van der Waals surface area contributed by atoms with Gasteiger partial charge in [0.15, 0.2) is 5.96 Å². The van der Waals surface area contributed by atoms with Gasteiger partial charge in [0.05, 0.1) is 0 Å². The van der Waals surface area contributed by atoms with E-state index in [2.05, 4.69) is 27.6 Å². The number of aromatic nitrogens is 2. The summed E-state index contributed by atoms with van der Waals surface area (Å²) in [5.41, 5.74) is 0.977. The van der Waals surface area contributed by atoms with Crippen molar-refractivity contribution < 1.29 is 4.39 Å². The number of hydrogen-bond acceptors (Lipinski definition) is 2. The van der Waals surface area contributed by atoms with Crippen molar-refractivity contribution in [3.63, 3.8) is 0 Å². The van der Waals surface area contributed by atoms with Gasteiger partial charge in [0.1, 0.15) is 5.82 Å². The molecule has 7 heteroatoms. The highest BCUT2D eigenvalue weighted by Crippen LogP contribution is 2.03. The number of guanidine groups is 1. The smallest absolute Gasteiger partial charge is 0.191 e. The van der Waals surface area contributed by atoms with Gasteiger partial charge in [-0.25, -0.2) is 4.39 Å². The second kappa shape index (κ2) is 11.8. The number of benzene rings is 1. The first-order valence-corrected chi connectivity index (χ1v) is 8.41. The van der Waals surface area contributed by atoms with Crippen molar-refractivity contribution in [2.45, 2.75) is 26.8 Å². The lowest BCUT2D eigenvalue weighted by atomic mass is 10.1. The number of aliphatic imine (C=N–C) groups is 1. The molecule has 5 nitrogen and oxygen atoms in total. The normalized spacial score (nSPS) is 12.4. The van der Waals surface area contributed by atoms with E-state index >= 15 is 0 Å². The van der Waals surface area contributed by atoms with Gasteiger partial charge in [-0.2, -0.15) is 5.10 Å². The fourth-order valence-electron chi connectivity index (χ4n) is 2.39. The molecule has 1 aromatic carbocycles. The number of hydrogen-bond donors (Lipinski definition) is 2. The largest absolute Gasteiger partial charge is 0.357 e. The van der Waals surface area contributed by atoms with Crippen LogP contribution < -0.4 is 10.6 Å². The molecule has 0 fully saturated rings. The van der Waals surface area contributed by atoms with Crippen LogP contribution in [0.3, 0.4) is 0 Å². The lowest BCUT2D eigenvalue weighted by Gasteiger charge is -2.13. The zero-order valence-electron chi connectivity index (χ0n) is 14.8. The third-order valence-corrected chi connectivity index (χ3v) is 3.56. The van der Waals surface area contributed by atoms with Crippen molar-refractivity contribution >= 4 is 29.9 Å². The minimum atomic E-state index is -0.194. The van der Waals surface area contributed by atoms with Crippen LogP contribution in [0.25, 0.3) is 0 Å². The van der Waals surface area contributed by atoms with E-state index in [9.17, 15) is 4.39 Å². The maximum atomic E-state index is 13.2. The van der Waals surface area contributed by atoms with E-state index < -0.39 is 0 Å². The molecule has 0 radical (unpaired) electrons. The van der Waals surface area contributed by atoms with Crippen molar-refractivity contribution in [1.29, 1.82) is 0 Å². The summed E-state index contributed by atoms with van der Waals surface area (Å²) in [6, 6.07) is 8.62. The van der Waals surface area contributed by atoms with E-state index in [1.807, 2.05) is 29.9 Å². The number of nitrogens with zero attached hydrogens (tertiary/aromatic N) is 3.